The predicted molar refractivity (Wildman–Crippen MR) is 85.4 cm³/mol. The average Bonchev–Trinajstić information content (AvgIpc) is 2.53. The van der Waals surface area contributed by atoms with Crippen LogP contribution in [0.1, 0.15) is 6.99 Å². The summed E-state index contributed by atoms with van der Waals surface area (Å²) in [5.74, 6) is 0.699. The van der Waals surface area contributed by atoms with Gasteiger partial charge in [-0.25, -0.2) is 13.1 Å². The van der Waals surface area contributed by atoms with Crippen molar-refractivity contribution in [2.24, 2.45) is 0 Å². The Morgan fingerprint density at radius 1 is 1.09 bits per heavy atom. The molecule has 8 heteroatoms. The van der Waals surface area contributed by atoms with E-state index in [4.69, 9.17) is 14.8 Å². The Kier molecular flexibility index (Phi) is 5.20. The molecular weight excluding hydrogens is 305 g/mol. The molecular formula is C14H18BNO5S. The first kappa shape index (κ1) is 16.5. The number of nitrogens with one attached hydrogen (secondary N) is 1. The Balaban J connectivity index is 0.00000264. The van der Waals surface area contributed by atoms with Crippen molar-refractivity contribution in [1.29, 1.82) is 0 Å². The quantitative estimate of drug-likeness (QED) is 0.655. The minimum Gasteiger partial charge on any atom is -0.497 e. The highest BCUT2D eigenvalue weighted by Gasteiger charge is 2.16. The van der Waals surface area contributed by atoms with Crippen LogP contribution in [0.5, 0.6) is 5.75 Å². The molecule has 0 fully saturated rings. The van der Waals surface area contributed by atoms with Gasteiger partial charge in [-0.05, 0) is 35.3 Å². The lowest BCUT2D eigenvalue weighted by atomic mass is 9.81. The van der Waals surface area contributed by atoms with Crippen molar-refractivity contribution in [3.8, 4) is 5.75 Å². The van der Waals surface area contributed by atoms with Crippen molar-refractivity contribution in [3.05, 3.63) is 54.1 Å². The van der Waals surface area contributed by atoms with Gasteiger partial charge in [0.2, 0.25) is 10.0 Å². The number of ether oxygens (including phenoxy) is 1. The fourth-order valence-corrected chi connectivity index (χ4v) is 2.84. The molecule has 22 heavy (non-hydrogen) atoms. The Bertz CT molecular complexity index is 720. The molecule has 0 aliphatic heterocycles. The smallest absolute Gasteiger partial charge is 0.488 e. The first-order valence-corrected chi connectivity index (χ1v) is 7.99. The largest absolute Gasteiger partial charge is 0.497 e. The van der Waals surface area contributed by atoms with Crippen LogP contribution in [-0.2, 0) is 16.6 Å². The first-order chi connectivity index (χ1) is 10.4. The third kappa shape index (κ3) is 4.08. The molecule has 0 unspecified atom stereocenters. The maximum absolute atomic E-state index is 12.1. The van der Waals surface area contributed by atoms with Gasteiger partial charge in [-0.3, -0.25) is 0 Å². The van der Waals surface area contributed by atoms with E-state index in [1.165, 1.54) is 24.3 Å². The highest BCUT2D eigenvalue weighted by molar-refractivity contribution is 7.89. The zero-order chi connectivity index (χ0) is 16.2. The van der Waals surface area contributed by atoms with Crippen LogP contribution in [0.3, 0.4) is 0 Å². The second-order valence-corrected chi connectivity index (χ2v) is 6.38. The molecule has 118 valence electrons. The van der Waals surface area contributed by atoms with Gasteiger partial charge in [0.1, 0.15) is 5.75 Å². The van der Waals surface area contributed by atoms with Gasteiger partial charge in [0, 0.05) is 7.97 Å². The molecule has 0 atom stereocenters. The van der Waals surface area contributed by atoms with Crippen molar-refractivity contribution in [2.75, 3.05) is 7.11 Å². The lowest BCUT2D eigenvalue weighted by Gasteiger charge is -2.08. The third-order valence-corrected chi connectivity index (χ3v) is 4.53. The molecule has 0 amide bonds. The van der Waals surface area contributed by atoms with E-state index in [1.54, 1.807) is 31.4 Å². The lowest BCUT2D eigenvalue weighted by molar-refractivity contribution is 0.414. The van der Waals surface area contributed by atoms with Crippen LogP contribution in [0.2, 0.25) is 0 Å². The van der Waals surface area contributed by atoms with E-state index in [-0.39, 0.29) is 18.3 Å². The first-order valence-electron chi connectivity index (χ1n) is 6.51. The molecule has 0 aliphatic carbocycles. The van der Waals surface area contributed by atoms with Crippen LogP contribution >= 0.6 is 0 Å². The molecule has 0 saturated carbocycles. The molecule has 0 saturated heterocycles. The van der Waals surface area contributed by atoms with Crippen molar-refractivity contribution in [3.63, 3.8) is 0 Å². The van der Waals surface area contributed by atoms with Gasteiger partial charge >= 0.3 is 7.12 Å². The van der Waals surface area contributed by atoms with E-state index in [1.807, 2.05) is 0 Å². The summed E-state index contributed by atoms with van der Waals surface area (Å²) in [7, 11) is -3.72. The van der Waals surface area contributed by atoms with Crippen molar-refractivity contribution >= 4 is 22.6 Å². The van der Waals surface area contributed by atoms with Crippen LogP contribution in [-0.4, -0.2) is 32.7 Å². The fraction of sp³-hybridized carbons (Fsp3) is 0.143. The normalized spacial score (nSPS) is 11.2. The van der Waals surface area contributed by atoms with Crippen molar-refractivity contribution < 1.29 is 24.6 Å². The minimum absolute atomic E-state index is 0. The molecule has 2 aromatic carbocycles. The number of hydrogen-bond donors (Lipinski definition) is 3. The number of methoxy groups -OCH3 is 1. The molecule has 6 nitrogen and oxygen atoms in total. The Morgan fingerprint density at radius 3 is 2.18 bits per heavy atom. The summed E-state index contributed by atoms with van der Waals surface area (Å²) in [5.41, 5.74) is 1.03. The zero-order valence-corrected chi connectivity index (χ0v) is 12.7. The average molecular weight is 323 g/mol. The number of sulfonamides is 1. The molecule has 3 N–H and O–H groups in total. The number of hydrogen-bond acceptors (Lipinski definition) is 5. The molecule has 2 rings (SSSR count). The van der Waals surface area contributed by atoms with Crippen molar-refractivity contribution in [2.45, 2.75) is 11.4 Å². The van der Waals surface area contributed by atoms with E-state index in [2.05, 4.69) is 4.72 Å². The lowest BCUT2D eigenvalue weighted by Crippen LogP contribution is -2.30. The zero-order valence-electron chi connectivity index (χ0n) is 11.9. The van der Waals surface area contributed by atoms with Crippen LogP contribution in [0.15, 0.2) is 53.4 Å². The van der Waals surface area contributed by atoms with Crippen LogP contribution in [0.25, 0.3) is 0 Å². The standard InChI is InChI=1S/C14H16BNO5S.H2/c1-21-13-6-2-11(3-7-13)10-16-22(19,20)14-8-4-12(5-9-14)15(17)18;/h2-9,16-18H,10H2,1H3;1H. The van der Waals surface area contributed by atoms with Crippen LogP contribution in [0, 0.1) is 0 Å². The summed E-state index contributed by atoms with van der Waals surface area (Å²) in [5, 5.41) is 18.0. The maximum atomic E-state index is 12.1. The van der Waals surface area contributed by atoms with Gasteiger partial charge in [0.05, 0.1) is 12.0 Å². The summed E-state index contributed by atoms with van der Waals surface area (Å²) in [4.78, 5) is 0.0606. The summed E-state index contributed by atoms with van der Waals surface area (Å²) in [6.07, 6.45) is 0. The third-order valence-electron chi connectivity index (χ3n) is 3.11. The van der Waals surface area contributed by atoms with E-state index >= 15 is 0 Å². The second kappa shape index (κ2) is 6.93. The Morgan fingerprint density at radius 2 is 1.68 bits per heavy atom. The highest BCUT2D eigenvalue weighted by atomic mass is 32.2. The Labute approximate surface area is 131 Å². The van der Waals surface area contributed by atoms with Gasteiger partial charge in [-0.1, -0.05) is 24.3 Å². The molecule has 0 aliphatic rings. The topological polar surface area (TPSA) is 95.9 Å². The van der Waals surface area contributed by atoms with E-state index in [9.17, 15) is 8.42 Å². The van der Waals surface area contributed by atoms with E-state index in [0.29, 0.717) is 5.75 Å². The van der Waals surface area contributed by atoms with Gasteiger partial charge in [-0.2, -0.15) is 0 Å². The van der Waals surface area contributed by atoms with Gasteiger partial charge in [0.25, 0.3) is 0 Å². The number of benzene rings is 2. The number of rotatable bonds is 6. The van der Waals surface area contributed by atoms with Crippen molar-refractivity contribution in [1.82, 2.24) is 4.72 Å². The van der Waals surface area contributed by atoms with Crippen LogP contribution in [0.4, 0.5) is 0 Å². The summed E-state index contributed by atoms with van der Waals surface area (Å²) < 4.78 is 31.8. The molecule has 2 aromatic rings. The maximum Gasteiger partial charge on any atom is 0.488 e. The fourth-order valence-electron chi connectivity index (χ4n) is 1.82. The molecule has 0 aromatic heterocycles. The molecule has 0 heterocycles. The SMILES string of the molecule is COc1ccc(CNS(=O)(=O)c2ccc(B(O)O)cc2)cc1.[HH]. The molecule has 0 spiro atoms. The summed E-state index contributed by atoms with van der Waals surface area (Å²) >= 11 is 0. The van der Waals surface area contributed by atoms with Gasteiger partial charge in [0.15, 0.2) is 0 Å². The van der Waals surface area contributed by atoms with Gasteiger partial charge < -0.3 is 14.8 Å². The van der Waals surface area contributed by atoms with E-state index in [0.717, 1.165) is 5.56 Å². The highest BCUT2D eigenvalue weighted by Crippen LogP contribution is 2.12. The minimum atomic E-state index is -3.66. The predicted octanol–water partition coefficient (Wildman–Crippen LogP) is 0.0995. The summed E-state index contributed by atoms with van der Waals surface area (Å²) in [6.45, 7) is 0.150. The molecule has 0 bridgehead atoms. The second-order valence-electron chi connectivity index (χ2n) is 4.62. The van der Waals surface area contributed by atoms with Gasteiger partial charge in [-0.15, -0.1) is 0 Å². The molecule has 0 radical (unpaired) electrons. The summed E-state index contributed by atoms with van der Waals surface area (Å²) in [6, 6.07) is 12.4. The van der Waals surface area contributed by atoms with Crippen LogP contribution < -0.4 is 14.9 Å². The Hall–Kier alpha value is -1.87. The monoisotopic (exact) mass is 323 g/mol. The van der Waals surface area contributed by atoms with E-state index < -0.39 is 17.1 Å².